The third-order valence-corrected chi connectivity index (χ3v) is 3.09. The maximum absolute atomic E-state index is 12.1. The van der Waals surface area contributed by atoms with Gasteiger partial charge in [0, 0.05) is 6.20 Å². The Morgan fingerprint density at radius 2 is 2.00 bits per heavy atom. The van der Waals surface area contributed by atoms with Crippen molar-refractivity contribution < 1.29 is 9.90 Å². The monoisotopic (exact) mass is 270 g/mol. The number of hydrogen-bond acceptors (Lipinski definition) is 3. The maximum Gasteiger partial charge on any atom is 0.260 e. The summed E-state index contributed by atoms with van der Waals surface area (Å²) < 4.78 is 0. The van der Waals surface area contributed by atoms with Crippen LogP contribution in [0.1, 0.15) is 41.3 Å². The lowest BCUT2D eigenvalue weighted by Crippen LogP contribution is -2.13. The third kappa shape index (κ3) is 3.15. The molecule has 2 N–H and O–H groups in total. The number of pyridine rings is 1. The number of phenolic OH excluding ortho intramolecular Hbond substituents is 1. The minimum atomic E-state index is -0.367. The lowest BCUT2D eigenvalue weighted by atomic mass is 10.0. The second-order valence-electron chi connectivity index (χ2n) is 5.11. The standard InChI is InChI=1S/C16H18N2O2/c1-10(2)12-5-6-13(14(19)8-12)16(20)18-15-7-4-11(3)9-17-15/h4-10,19H,1-3H3,(H,17,18,20). The summed E-state index contributed by atoms with van der Waals surface area (Å²) in [5, 5.41) is 12.6. The Morgan fingerprint density at radius 3 is 2.55 bits per heavy atom. The molecule has 1 aromatic carbocycles. The molecule has 0 saturated heterocycles. The molecule has 0 atom stereocenters. The van der Waals surface area contributed by atoms with Crippen LogP contribution in [0.3, 0.4) is 0 Å². The van der Waals surface area contributed by atoms with E-state index in [2.05, 4.69) is 10.3 Å². The molecule has 4 heteroatoms. The molecule has 0 spiro atoms. The highest BCUT2D eigenvalue weighted by molar-refractivity contribution is 6.05. The van der Waals surface area contributed by atoms with Crippen LogP contribution in [-0.4, -0.2) is 16.0 Å². The van der Waals surface area contributed by atoms with Crippen molar-refractivity contribution in [2.45, 2.75) is 26.7 Å². The number of nitrogens with one attached hydrogen (secondary N) is 1. The number of carbonyl (C=O) groups is 1. The number of aromatic hydroxyl groups is 1. The summed E-state index contributed by atoms with van der Waals surface area (Å²) in [7, 11) is 0. The van der Waals surface area contributed by atoms with Gasteiger partial charge < -0.3 is 10.4 Å². The Bertz CT molecular complexity index is 619. The van der Waals surface area contributed by atoms with E-state index in [1.807, 2.05) is 32.9 Å². The van der Waals surface area contributed by atoms with Gasteiger partial charge in [-0.05, 0) is 42.2 Å². The summed E-state index contributed by atoms with van der Waals surface area (Å²) in [6, 6.07) is 8.70. The highest BCUT2D eigenvalue weighted by Gasteiger charge is 2.13. The van der Waals surface area contributed by atoms with E-state index >= 15 is 0 Å². The Labute approximate surface area is 118 Å². The van der Waals surface area contributed by atoms with E-state index in [0.717, 1.165) is 11.1 Å². The first-order valence-electron chi connectivity index (χ1n) is 6.54. The van der Waals surface area contributed by atoms with Gasteiger partial charge in [0.15, 0.2) is 0 Å². The van der Waals surface area contributed by atoms with Gasteiger partial charge in [-0.25, -0.2) is 4.98 Å². The van der Waals surface area contributed by atoms with Crippen LogP contribution < -0.4 is 5.32 Å². The predicted molar refractivity (Wildman–Crippen MR) is 79.1 cm³/mol. The fraction of sp³-hybridized carbons (Fsp3) is 0.250. The minimum Gasteiger partial charge on any atom is -0.507 e. The van der Waals surface area contributed by atoms with Crippen LogP contribution in [0.5, 0.6) is 5.75 Å². The fourth-order valence-corrected chi connectivity index (χ4v) is 1.83. The number of amides is 1. The van der Waals surface area contributed by atoms with Gasteiger partial charge in [-0.2, -0.15) is 0 Å². The molecule has 0 aliphatic heterocycles. The van der Waals surface area contributed by atoms with E-state index in [9.17, 15) is 9.90 Å². The number of carbonyl (C=O) groups excluding carboxylic acids is 1. The SMILES string of the molecule is Cc1ccc(NC(=O)c2ccc(C(C)C)cc2O)nc1. The van der Waals surface area contributed by atoms with Crippen molar-refractivity contribution in [3.05, 3.63) is 53.2 Å². The first-order valence-corrected chi connectivity index (χ1v) is 6.54. The summed E-state index contributed by atoms with van der Waals surface area (Å²) in [5.41, 5.74) is 2.26. The molecule has 20 heavy (non-hydrogen) atoms. The van der Waals surface area contributed by atoms with Crippen molar-refractivity contribution in [3.8, 4) is 5.75 Å². The first-order chi connectivity index (χ1) is 9.47. The van der Waals surface area contributed by atoms with Crippen LogP contribution >= 0.6 is 0 Å². The summed E-state index contributed by atoms with van der Waals surface area (Å²) in [5.74, 6) is 0.389. The molecule has 0 fully saturated rings. The average Bonchev–Trinajstić information content (AvgIpc) is 2.41. The maximum atomic E-state index is 12.1. The normalized spacial score (nSPS) is 10.6. The van der Waals surface area contributed by atoms with E-state index in [-0.39, 0.29) is 17.2 Å². The van der Waals surface area contributed by atoms with Crippen molar-refractivity contribution in [2.24, 2.45) is 0 Å². The van der Waals surface area contributed by atoms with E-state index < -0.39 is 0 Å². The molecule has 1 amide bonds. The van der Waals surface area contributed by atoms with Crippen LogP contribution in [0.15, 0.2) is 36.5 Å². The number of phenols is 1. The lowest BCUT2D eigenvalue weighted by Gasteiger charge is -2.10. The molecule has 0 unspecified atom stereocenters. The number of anilines is 1. The van der Waals surface area contributed by atoms with E-state index in [0.29, 0.717) is 11.7 Å². The molecule has 2 aromatic rings. The van der Waals surface area contributed by atoms with Gasteiger partial charge in [-0.15, -0.1) is 0 Å². The van der Waals surface area contributed by atoms with Crippen molar-refractivity contribution in [3.63, 3.8) is 0 Å². The van der Waals surface area contributed by atoms with E-state index in [4.69, 9.17) is 0 Å². The number of nitrogens with zero attached hydrogens (tertiary/aromatic N) is 1. The Hall–Kier alpha value is -2.36. The molecule has 1 heterocycles. The van der Waals surface area contributed by atoms with Crippen molar-refractivity contribution in [2.75, 3.05) is 5.32 Å². The van der Waals surface area contributed by atoms with E-state index in [1.54, 1.807) is 24.4 Å². The van der Waals surface area contributed by atoms with Crippen LogP contribution in [0.25, 0.3) is 0 Å². The van der Waals surface area contributed by atoms with Crippen molar-refractivity contribution in [1.29, 1.82) is 0 Å². The highest BCUT2D eigenvalue weighted by atomic mass is 16.3. The van der Waals surface area contributed by atoms with E-state index in [1.165, 1.54) is 0 Å². The molecule has 0 aliphatic carbocycles. The number of aromatic nitrogens is 1. The smallest absolute Gasteiger partial charge is 0.260 e. The molecule has 104 valence electrons. The van der Waals surface area contributed by atoms with Crippen molar-refractivity contribution >= 4 is 11.7 Å². The second kappa shape index (κ2) is 5.74. The number of hydrogen-bond donors (Lipinski definition) is 2. The largest absolute Gasteiger partial charge is 0.507 e. The summed E-state index contributed by atoms with van der Waals surface area (Å²) in [4.78, 5) is 16.2. The Balaban J connectivity index is 2.19. The fourth-order valence-electron chi connectivity index (χ4n) is 1.83. The Morgan fingerprint density at radius 1 is 1.25 bits per heavy atom. The molecule has 1 aromatic heterocycles. The van der Waals surface area contributed by atoms with Crippen molar-refractivity contribution in [1.82, 2.24) is 4.98 Å². The zero-order valence-corrected chi connectivity index (χ0v) is 11.8. The topological polar surface area (TPSA) is 62.2 Å². The zero-order chi connectivity index (χ0) is 14.7. The molecule has 0 aliphatic rings. The molecule has 0 saturated carbocycles. The second-order valence-corrected chi connectivity index (χ2v) is 5.11. The number of rotatable bonds is 3. The number of benzene rings is 1. The van der Waals surface area contributed by atoms with Crippen LogP contribution in [0.4, 0.5) is 5.82 Å². The molecule has 4 nitrogen and oxygen atoms in total. The van der Waals surface area contributed by atoms with Crippen LogP contribution in [0.2, 0.25) is 0 Å². The van der Waals surface area contributed by atoms with Gasteiger partial charge in [-0.1, -0.05) is 26.0 Å². The van der Waals surface area contributed by atoms with Gasteiger partial charge in [0.2, 0.25) is 0 Å². The number of aryl methyl sites for hydroxylation is 1. The minimum absolute atomic E-state index is 0.0131. The molecule has 0 radical (unpaired) electrons. The Kier molecular flexibility index (Phi) is 4.03. The summed E-state index contributed by atoms with van der Waals surface area (Å²) >= 11 is 0. The first kappa shape index (κ1) is 14.1. The van der Waals surface area contributed by atoms with Crippen LogP contribution in [0, 0.1) is 6.92 Å². The molecular formula is C16H18N2O2. The van der Waals surface area contributed by atoms with Gasteiger partial charge in [0.1, 0.15) is 11.6 Å². The van der Waals surface area contributed by atoms with Gasteiger partial charge >= 0.3 is 0 Å². The quantitative estimate of drug-likeness (QED) is 0.897. The highest BCUT2D eigenvalue weighted by Crippen LogP contribution is 2.24. The van der Waals surface area contributed by atoms with Gasteiger partial charge in [-0.3, -0.25) is 4.79 Å². The zero-order valence-electron chi connectivity index (χ0n) is 11.8. The predicted octanol–water partition coefficient (Wildman–Crippen LogP) is 3.47. The summed E-state index contributed by atoms with van der Waals surface area (Å²) in [6.45, 7) is 5.99. The lowest BCUT2D eigenvalue weighted by molar-refractivity contribution is 0.102. The van der Waals surface area contributed by atoms with Gasteiger partial charge in [0.05, 0.1) is 5.56 Å². The molecule has 2 rings (SSSR count). The van der Waals surface area contributed by atoms with Crippen LogP contribution in [-0.2, 0) is 0 Å². The third-order valence-electron chi connectivity index (χ3n) is 3.09. The average molecular weight is 270 g/mol. The van der Waals surface area contributed by atoms with Gasteiger partial charge in [0.25, 0.3) is 5.91 Å². The summed E-state index contributed by atoms with van der Waals surface area (Å²) in [6.07, 6.45) is 1.68. The molecule has 0 bridgehead atoms. The molecular weight excluding hydrogens is 252 g/mol.